The summed E-state index contributed by atoms with van der Waals surface area (Å²) in [5.41, 5.74) is 2.65. The van der Waals surface area contributed by atoms with Crippen molar-refractivity contribution < 1.29 is 0 Å². The molecule has 0 atom stereocenters. The first-order valence-electron chi connectivity index (χ1n) is 5.74. The highest BCUT2D eigenvalue weighted by Gasteiger charge is 1.92. The highest BCUT2D eigenvalue weighted by molar-refractivity contribution is 5.16. The second-order valence-electron chi connectivity index (χ2n) is 3.57. The fourth-order valence-electron chi connectivity index (χ4n) is 1.54. The van der Waals surface area contributed by atoms with Crippen molar-refractivity contribution in [1.82, 2.24) is 5.32 Å². The Morgan fingerprint density at radius 1 is 0.647 bits per heavy atom. The summed E-state index contributed by atoms with van der Waals surface area (Å²) in [7, 11) is 0. The normalized spacial score (nSPS) is 9.18. The van der Waals surface area contributed by atoms with Crippen molar-refractivity contribution in [3.8, 4) is 0 Å². The molecule has 0 unspecified atom stereocenters. The van der Waals surface area contributed by atoms with Crippen LogP contribution in [0.5, 0.6) is 0 Å². The van der Waals surface area contributed by atoms with Gasteiger partial charge in [-0.3, -0.25) is 0 Å². The molecule has 1 nitrogen and oxygen atoms in total. The Balaban J connectivity index is 0.000000686. The van der Waals surface area contributed by atoms with Gasteiger partial charge < -0.3 is 5.32 Å². The molecule has 2 aromatic carbocycles. The van der Waals surface area contributed by atoms with Crippen molar-refractivity contribution in [3.63, 3.8) is 0 Å². The van der Waals surface area contributed by atoms with E-state index in [1.54, 1.807) is 0 Å². The minimum Gasteiger partial charge on any atom is -0.309 e. The van der Waals surface area contributed by atoms with Gasteiger partial charge in [0.25, 0.3) is 0 Å². The molecule has 0 radical (unpaired) electrons. The Morgan fingerprint density at radius 2 is 1.00 bits per heavy atom. The van der Waals surface area contributed by atoms with E-state index in [4.69, 9.17) is 0 Å². The lowest BCUT2D eigenvalue weighted by atomic mass is 10.2. The quantitative estimate of drug-likeness (QED) is 0.781. The number of rotatable bonds is 4. The highest BCUT2D eigenvalue weighted by Crippen LogP contribution is 2.00. The van der Waals surface area contributed by atoms with Gasteiger partial charge in [-0.05, 0) is 11.1 Å². The predicted molar refractivity (Wildman–Crippen MR) is 74.7 cm³/mol. The van der Waals surface area contributed by atoms with Crippen molar-refractivity contribution in [2.45, 2.75) is 13.1 Å². The van der Waals surface area contributed by atoms with Crippen LogP contribution in [-0.2, 0) is 13.1 Å². The fourth-order valence-corrected chi connectivity index (χ4v) is 1.54. The number of hydrogen-bond donors (Lipinski definition) is 1. The molecule has 0 heterocycles. The van der Waals surface area contributed by atoms with Crippen LogP contribution < -0.4 is 5.32 Å². The molecule has 0 amide bonds. The summed E-state index contributed by atoms with van der Waals surface area (Å²) in [4.78, 5) is 0. The Morgan fingerprint density at radius 3 is 1.35 bits per heavy atom. The first-order chi connectivity index (χ1) is 8.45. The molecule has 1 heteroatoms. The molecular weight excluding hydrogens is 206 g/mol. The Labute approximate surface area is 104 Å². The summed E-state index contributed by atoms with van der Waals surface area (Å²) in [6, 6.07) is 20.9. The molecule has 2 rings (SSSR count). The average Bonchev–Trinajstić information content (AvgIpc) is 2.43. The van der Waals surface area contributed by atoms with E-state index in [9.17, 15) is 0 Å². The van der Waals surface area contributed by atoms with Crippen molar-refractivity contribution in [3.05, 3.63) is 84.9 Å². The molecule has 0 spiro atoms. The monoisotopic (exact) mass is 225 g/mol. The molecule has 0 saturated carbocycles. The zero-order chi connectivity index (χ0) is 12.3. The lowest BCUT2D eigenvalue weighted by molar-refractivity contribution is 0.693. The summed E-state index contributed by atoms with van der Waals surface area (Å²) < 4.78 is 0. The summed E-state index contributed by atoms with van der Waals surface area (Å²) in [6.45, 7) is 7.85. The predicted octanol–water partition coefficient (Wildman–Crippen LogP) is 3.78. The van der Waals surface area contributed by atoms with E-state index in [-0.39, 0.29) is 0 Å². The fraction of sp³-hybridized carbons (Fsp3) is 0.125. The average molecular weight is 225 g/mol. The molecule has 1 N–H and O–H groups in total. The van der Waals surface area contributed by atoms with E-state index >= 15 is 0 Å². The second-order valence-corrected chi connectivity index (χ2v) is 3.57. The van der Waals surface area contributed by atoms with Crippen molar-refractivity contribution in [1.29, 1.82) is 0 Å². The van der Waals surface area contributed by atoms with Crippen LogP contribution >= 0.6 is 0 Å². The second kappa shape index (κ2) is 8.31. The number of nitrogens with one attached hydrogen (secondary N) is 1. The van der Waals surface area contributed by atoms with Gasteiger partial charge in [0.05, 0.1) is 0 Å². The smallest absolute Gasteiger partial charge is 0.0208 e. The van der Waals surface area contributed by atoms with Crippen LogP contribution in [-0.4, -0.2) is 0 Å². The Kier molecular flexibility index (Phi) is 6.46. The van der Waals surface area contributed by atoms with Crippen LogP contribution in [0.4, 0.5) is 0 Å². The van der Waals surface area contributed by atoms with Crippen molar-refractivity contribution in [2.24, 2.45) is 0 Å². The largest absolute Gasteiger partial charge is 0.309 e. The van der Waals surface area contributed by atoms with E-state index in [1.807, 2.05) is 12.1 Å². The van der Waals surface area contributed by atoms with Gasteiger partial charge in [0.2, 0.25) is 0 Å². The third-order valence-electron chi connectivity index (χ3n) is 2.34. The molecule has 0 aliphatic heterocycles. The first kappa shape index (κ1) is 13.2. The Bertz CT molecular complexity index is 355. The number of hydrogen-bond acceptors (Lipinski definition) is 1. The molecule has 2 aromatic rings. The standard InChI is InChI=1S/C14H15N.C2H4/c1-3-7-13(8-4-1)11-15-12-14-9-5-2-6-10-14;1-2/h1-10,15H,11-12H2;1-2H2. The number of benzene rings is 2. The maximum Gasteiger partial charge on any atom is 0.0208 e. The molecule has 0 aliphatic rings. The lowest BCUT2D eigenvalue weighted by Crippen LogP contribution is -2.12. The summed E-state index contributed by atoms with van der Waals surface area (Å²) >= 11 is 0. The molecule has 0 fully saturated rings. The zero-order valence-electron chi connectivity index (χ0n) is 10.1. The van der Waals surface area contributed by atoms with E-state index in [2.05, 4.69) is 67.0 Å². The van der Waals surface area contributed by atoms with E-state index in [0.29, 0.717) is 0 Å². The molecular formula is C16H19N. The van der Waals surface area contributed by atoms with Gasteiger partial charge in [-0.15, -0.1) is 13.2 Å². The summed E-state index contributed by atoms with van der Waals surface area (Å²) in [5.74, 6) is 0. The molecule has 0 bridgehead atoms. The molecule has 88 valence electrons. The van der Waals surface area contributed by atoms with Crippen LogP contribution in [0.1, 0.15) is 11.1 Å². The first-order valence-corrected chi connectivity index (χ1v) is 5.74. The maximum absolute atomic E-state index is 3.42. The van der Waals surface area contributed by atoms with Gasteiger partial charge in [0, 0.05) is 13.1 Å². The molecule has 0 aromatic heterocycles. The Hall–Kier alpha value is -1.86. The van der Waals surface area contributed by atoms with Gasteiger partial charge >= 0.3 is 0 Å². The van der Waals surface area contributed by atoms with Crippen LogP contribution in [0.25, 0.3) is 0 Å². The third kappa shape index (κ3) is 5.14. The van der Waals surface area contributed by atoms with Gasteiger partial charge in [0.15, 0.2) is 0 Å². The van der Waals surface area contributed by atoms with Gasteiger partial charge in [-0.2, -0.15) is 0 Å². The summed E-state index contributed by atoms with van der Waals surface area (Å²) in [5, 5.41) is 3.42. The highest BCUT2D eigenvalue weighted by atomic mass is 14.8. The van der Waals surface area contributed by atoms with Crippen LogP contribution in [0, 0.1) is 0 Å². The van der Waals surface area contributed by atoms with Crippen molar-refractivity contribution >= 4 is 0 Å². The topological polar surface area (TPSA) is 12.0 Å². The van der Waals surface area contributed by atoms with Crippen LogP contribution in [0.15, 0.2) is 73.8 Å². The van der Waals surface area contributed by atoms with E-state index < -0.39 is 0 Å². The van der Waals surface area contributed by atoms with Gasteiger partial charge in [-0.25, -0.2) is 0 Å². The minimum absolute atomic E-state index is 0.926. The van der Waals surface area contributed by atoms with Crippen molar-refractivity contribution in [2.75, 3.05) is 0 Å². The molecule has 0 aliphatic carbocycles. The van der Waals surface area contributed by atoms with Gasteiger partial charge in [-0.1, -0.05) is 60.7 Å². The maximum atomic E-state index is 3.42. The molecule has 0 saturated heterocycles. The minimum atomic E-state index is 0.926. The molecule has 17 heavy (non-hydrogen) atoms. The summed E-state index contributed by atoms with van der Waals surface area (Å²) in [6.07, 6.45) is 0. The third-order valence-corrected chi connectivity index (χ3v) is 2.34. The lowest BCUT2D eigenvalue weighted by Gasteiger charge is -2.04. The van der Waals surface area contributed by atoms with Crippen LogP contribution in [0.2, 0.25) is 0 Å². The SMILES string of the molecule is C=C.c1ccc(CNCc2ccccc2)cc1. The van der Waals surface area contributed by atoms with Gasteiger partial charge in [0.1, 0.15) is 0 Å². The van der Waals surface area contributed by atoms with E-state index in [1.165, 1.54) is 11.1 Å². The van der Waals surface area contributed by atoms with E-state index in [0.717, 1.165) is 13.1 Å². The zero-order valence-corrected chi connectivity index (χ0v) is 10.1. The van der Waals surface area contributed by atoms with Crippen LogP contribution in [0.3, 0.4) is 0 Å².